The van der Waals surface area contributed by atoms with Gasteiger partial charge in [0.1, 0.15) is 5.75 Å². The molecule has 2 heterocycles. The molecule has 4 rings (SSSR count). The van der Waals surface area contributed by atoms with Gasteiger partial charge in [0.25, 0.3) is 5.91 Å². The molecule has 0 bridgehead atoms. The molecule has 0 spiro atoms. The van der Waals surface area contributed by atoms with Crippen LogP contribution in [0, 0.1) is 0 Å². The maximum atomic E-state index is 12.3. The number of hydrogen-bond acceptors (Lipinski definition) is 4. The quantitative estimate of drug-likeness (QED) is 0.800. The largest absolute Gasteiger partial charge is 0.493 e. The Bertz CT molecular complexity index is 860. The summed E-state index contributed by atoms with van der Waals surface area (Å²) in [6.45, 7) is 1.09. The van der Waals surface area contributed by atoms with E-state index in [1.54, 1.807) is 0 Å². The van der Waals surface area contributed by atoms with Crippen LogP contribution in [-0.2, 0) is 0 Å². The molecule has 1 aliphatic rings. The monoisotopic (exact) mass is 320 g/mol. The van der Waals surface area contributed by atoms with Crippen molar-refractivity contribution in [2.24, 2.45) is 0 Å². The van der Waals surface area contributed by atoms with Gasteiger partial charge in [0.15, 0.2) is 5.69 Å². The molecular formula is C18H16N4O2. The van der Waals surface area contributed by atoms with Crippen LogP contribution in [0.25, 0.3) is 5.69 Å². The Labute approximate surface area is 139 Å². The number of nitrogens with zero attached hydrogens (tertiary/aromatic N) is 3. The number of rotatable bonds is 4. The van der Waals surface area contributed by atoms with Gasteiger partial charge >= 0.3 is 0 Å². The first-order chi connectivity index (χ1) is 11.8. The van der Waals surface area contributed by atoms with Crippen LogP contribution < -0.4 is 10.1 Å². The van der Waals surface area contributed by atoms with E-state index in [-0.39, 0.29) is 11.8 Å². The van der Waals surface area contributed by atoms with Gasteiger partial charge in [-0.1, -0.05) is 36.4 Å². The number of para-hydroxylation sites is 2. The minimum atomic E-state index is -0.235. The fraction of sp³-hybridized carbons (Fsp3) is 0.167. The van der Waals surface area contributed by atoms with Crippen molar-refractivity contribution in [3.8, 4) is 11.4 Å². The van der Waals surface area contributed by atoms with Crippen LogP contribution in [0.15, 0.2) is 60.8 Å². The molecule has 1 atom stereocenters. The molecule has 0 aliphatic carbocycles. The van der Waals surface area contributed by atoms with Gasteiger partial charge in [0, 0.05) is 18.0 Å². The Kier molecular flexibility index (Phi) is 3.70. The molecule has 3 aromatic rings. The van der Waals surface area contributed by atoms with Crippen molar-refractivity contribution in [3.63, 3.8) is 0 Å². The molecule has 1 amide bonds. The molecule has 2 aromatic carbocycles. The third-order valence-electron chi connectivity index (χ3n) is 4.02. The summed E-state index contributed by atoms with van der Waals surface area (Å²) >= 11 is 0. The van der Waals surface area contributed by atoms with Crippen molar-refractivity contribution in [1.29, 1.82) is 0 Å². The lowest BCUT2D eigenvalue weighted by atomic mass is 10.0. The fourth-order valence-electron chi connectivity index (χ4n) is 2.76. The van der Waals surface area contributed by atoms with E-state index in [1.807, 2.05) is 54.6 Å². The molecular weight excluding hydrogens is 304 g/mol. The summed E-state index contributed by atoms with van der Waals surface area (Å²) in [6, 6.07) is 17.4. The predicted molar refractivity (Wildman–Crippen MR) is 88.4 cm³/mol. The molecule has 0 saturated carbocycles. The zero-order valence-corrected chi connectivity index (χ0v) is 12.9. The third kappa shape index (κ3) is 2.74. The van der Waals surface area contributed by atoms with Gasteiger partial charge in [-0.15, -0.1) is 5.10 Å². The molecule has 24 heavy (non-hydrogen) atoms. The number of nitrogens with one attached hydrogen (secondary N) is 1. The van der Waals surface area contributed by atoms with Gasteiger partial charge in [-0.2, -0.15) is 9.90 Å². The van der Waals surface area contributed by atoms with E-state index in [1.165, 1.54) is 11.0 Å². The zero-order valence-electron chi connectivity index (χ0n) is 12.9. The maximum Gasteiger partial charge on any atom is 0.273 e. The fourth-order valence-corrected chi connectivity index (χ4v) is 2.76. The first-order valence-electron chi connectivity index (χ1n) is 7.79. The van der Waals surface area contributed by atoms with Gasteiger partial charge in [0.05, 0.1) is 18.5 Å². The highest BCUT2D eigenvalue weighted by molar-refractivity contribution is 5.91. The number of aromatic nitrogens is 3. The van der Waals surface area contributed by atoms with Gasteiger partial charge in [0.2, 0.25) is 0 Å². The zero-order chi connectivity index (χ0) is 16.4. The van der Waals surface area contributed by atoms with Crippen molar-refractivity contribution >= 4 is 5.91 Å². The van der Waals surface area contributed by atoms with E-state index < -0.39 is 0 Å². The van der Waals surface area contributed by atoms with Gasteiger partial charge < -0.3 is 10.1 Å². The second kappa shape index (κ2) is 6.16. The average Bonchev–Trinajstić information content (AvgIpc) is 3.28. The van der Waals surface area contributed by atoms with Crippen molar-refractivity contribution in [3.05, 3.63) is 72.1 Å². The van der Waals surface area contributed by atoms with Crippen molar-refractivity contribution < 1.29 is 9.53 Å². The highest BCUT2D eigenvalue weighted by Gasteiger charge is 2.24. The molecule has 0 fully saturated rings. The van der Waals surface area contributed by atoms with Crippen molar-refractivity contribution in [2.75, 3.05) is 13.2 Å². The van der Waals surface area contributed by atoms with Crippen LogP contribution in [0.3, 0.4) is 0 Å². The van der Waals surface area contributed by atoms with Crippen LogP contribution in [-0.4, -0.2) is 34.1 Å². The molecule has 6 heteroatoms. The van der Waals surface area contributed by atoms with E-state index in [4.69, 9.17) is 4.74 Å². The normalized spacial score (nSPS) is 15.6. The molecule has 1 aliphatic heterocycles. The topological polar surface area (TPSA) is 69.0 Å². The number of benzene rings is 2. The Balaban J connectivity index is 1.42. The van der Waals surface area contributed by atoms with Crippen LogP contribution in [0.5, 0.6) is 5.75 Å². The Hall–Kier alpha value is -3.15. The van der Waals surface area contributed by atoms with E-state index in [0.29, 0.717) is 18.8 Å². The van der Waals surface area contributed by atoms with Gasteiger partial charge in [-0.3, -0.25) is 4.79 Å². The van der Waals surface area contributed by atoms with E-state index in [9.17, 15) is 4.79 Å². The first-order valence-corrected chi connectivity index (χ1v) is 7.79. The number of hydrogen-bond donors (Lipinski definition) is 1. The van der Waals surface area contributed by atoms with Crippen molar-refractivity contribution in [1.82, 2.24) is 20.3 Å². The minimum Gasteiger partial charge on any atom is -0.493 e. The maximum absolute atomic E-state index is 12.3. The number of amides is 1. The number of carbonyl (C=O) groups is 1. The molecule has 0 radical (unpaired) electrons. The minimum absolute atomic E-state index is 0.161. The summed E-state index contributed by atoms with van der Waals surface area (Å²) < 4.78 is 5.63. The number of carbonyl (C=O) groups excluding carboxylic acids is 1. The number of fused-ring (bicyclic) bond motifs is 1. The number of ether oxygens (including phenoxy) is 1. The van der Waals surface area contributed by atoms with E-state index in [0.717, 1.165) is 17.0 Å². The van der Waals surface area contributed by atoms with Crippen LogP contribution in [0.4, 0.5) is 0 Å². The summed E-state index contributed by atoms with van der Waals surface area (Å²) in [5.74, 6) is 0.822. The predicted octanol–water partition coefficient (Wildman–Crippen LogP) is 2.17. The van der Waals surface area contributed by atoms with Crippen LogP contribution in [0.2, 0.25) is 0 Å². The Morgan fingerprint density at radius 2 is 1.96 bits per heavy atom. The molecule has 1 unspecified atom stereocenters. The molecule has 6 nitrogen and oxygen atoms in total. The van der Waals surface area contributed by atoms with Gasteiger partial charge in [-0.05, 0) is 18.2 Å². The van der Waals surface area contributed by atoms with Gasteiger partial charge in [-0.25, -0.2) is 0 Å². The SMILES string of the molecule is O=C(NCC1COc2ccccc21)c1cnn(-c2ccccc2)n1. The lowest BCUT2D eigenvalue weighted by Crippen LogP contribution is -2.29. The summed E-state index contributed by atoms with van der Waals surface area (Å²) in [4.78, 5) is 13.7. The lowest BCUT2D eigenvalue weighted by molar-refractivity contribution is 0.0944. The second-order valence-corrected chi connectivity index (χ2v) is 5.61. The first kappa shape index (κ1) is 14.4. The molecule has 120 valence electrons. The van der Waals surface area contributed by atoms with E-state index in [2.05, 4.69) is 15.5 Å². The lowest BCUT2D eigenvalue weighted by Gasteiger charge is -2.09. The highest BCUT2D eigenvalue weighted by atomic mass is 16.5. The Morgan fingerprint density at radius 3 is 2.83 bits per heavy atom. The average molecular weight is 320 g/mol. The van der Waals surface area contributed by atoms with Crippen molar-refractivity contribution in [2.45, 2.75) is 5.92 Å². The van der Waals surface area contributed by atoms with Crippen LogP contribution >= 0.6 is 0 Å². The summed E-state index contributed by atoms with van der Waals surface area (Å²) in [5.41, 5.74) is 2.24. The Morgan fingerprint density at radius 1 is 1.17 bits per heavy atom. The van der Waals surface area contributed by atoms with E-state index >= 15 is 0 Å². The standard InChI is InChI=1S/C18H16N4O2/c23-18(16-11-20-22(21-16)14-6-2-1-3-7-14)19-10-13-12-24-17-9-5-4-8-15(13)17/h1-9,11,13H,10,12H2,(H,19,23). The molecule has 1 aromatic heterocycles. The van der Waals surface area contributed by atoms with Crippen LogP contribution in [0.1, 0.15) is 22.0 Å². The smallest absolute Gasteiger partial charge is 0.273 e. The summed E-state index contributed by atoms with van der Waals surface area (Å²) in [5, 5.41) is 11.3. The second-order valence-electron chi connectivity index (χ2n) is 5.61. The molecule has 1 N–H and O–H groups in total. The molecule has 0 saturated heterocycles. The summed E-state index contributed by atoms with van der Waals surface area (Å²) in [7, 11) is 0. The summed E-state index contributed by atoms with van der Waals surface area (Å²) in [6.07, 6.45) is 1.47. The highest BCUT2D eigenvalue weighted by Crippen LogP contribution is 2.32. The third-order valence-corrected chi connectivity index (χ3v) is 4.02.